The fourth-order valence-corrected chi connectivity index (χ4v) is 3.26. The second-order valence-corrected chi connectivity index (χ2v) is 10.4. The SMILES string of the molecule is CN(C)CC(=O)NC(CCC(=O)NC(CCC(=O)CN)C(=O)NC(CCC(=O)C=N)C(=O)OC(C)(C)C)C(=O)O. The first-order valence-electron chi connectivity index (χ1n) is 12.7. The van der Waals surface area contributed by atoms with Gasteiger partial charge in [-0.15, -0.1) is 0 Å². The molecule has 0 heterocycles. The predicted molar refractivity (Wildman–Crippen MR) is 143 cm³/mol. The normalized spacial score (nSPS) is 13.4. The lowest BCUT2D eigenvalue weighted by Crippen LogP contribution is -2.53. The first-order valence-corrected chi connectivity index (χ1v) is 12.7. The number of rotatable bonds is 19. The zero-order valence-electron chi connectivity index (χ0n) is 23.7. The monoisotopic (exact) mass is 570 g/mol. The number of carbonyl (C=O) groups is 7. The fraction of sp³-hybridized carbons (Fsp3) is 0.680. The van der Waals surface area contributed by atoms with Crippen LogP contribution in [0.15, 0.2) is 0 Å². The van der Waals surface area contributed by atoms with Gasteiger partial charge < -0.3 is 41.8 Å². The number of nitrogens with one attached hydrogen (secondary N) is 4. The molecule has 0 rings (SSSR count). The number of Topliss-reactive ketones (excluding diaryl/α,β-unsaturated/α-hetero) is 2. The summed E-state index contributed by atoms with van der Waals surface area (Å²) in [4.78, 5) is 86.8. The second-order valence-electron chi connectivity index (χ2n) is 10.4. The van der Waals surface area contributed by atoms with Crippen LogP contribution in [0.1, 0.15) is 59.3 Å². The van der Waals surface area contributed by atoms with Crippen molar-refractivity contribution >= 4 is 47.4 Å². The zero-order chi connectivity index (χ0) is 31.0. The van der Waals surface area contributed by atoms with Crippen molar-refractivity contribution in [1.29, 1.82) is 5.41 Å². The Labute approximate surface area is 233 Å². The Balaban J connectivity index is 5.59. The molecule has 0 aromatic carbocycles. The van der Waals surface area contributed by atoms with Crippen LogP contribution in [-0.2, 0) is 38.3 Å². The van der Waals surface area contributed by atoms with Crippen molar-refractivity contribution in [3.8, 4) is 0 Å². The van der Waals surface area contributed by atoms with E-state index in [1.165, 1.54) is 0 Å². The van der Waals surface area contributed by atoms with Gasteiger partial charge in [0, 0.05) is 19.3 Å². The number of nitrogens with two attached hydrogens (primary N) is 1. The van der Waals surface area contributed by atoms with Gasteiger partial charge in [0.25, 0.3) is 0 Å². The van der Waals surface area contributed by atoms with E-state index in [4.69, 9.17) is 15.9 Å². The third-order valence-corrected chi connectivity index (χ3v) is 5.19. The van der Waals surface area contributed by atoms with Crippen molar-refractivity contribution < 1.29 is 43.4 Å². The van der Waals surface area contributed by atoms with Crippen molar-refractivity contribution in [2.24, 2.45) is 5.73 Å². The number of nitrogens with zero attached hydrogens (tertiary/aromatic N) is 1. The molecule has 0 aliphatic carbocycles. The van der Waals surface area contributed by atoms with Crippen LogP contribution in [0.4, 0.5) is 0 Å². The summed E-state index contributed by atoms with van der Waals surface area (Å²) in [6.07, 6.45) is -0.814. The first-order chi connectivity index (χ1) is 18.5. The van der Waals surface area contributed by atoms with Gasteiger partial charge in [0.05, 0.1) is 19.3 Å². The molecule has 7 N–H and O–H groups in total. The molecule has 15 heteroatoms. The number of likely N-dealkylation sites (N-methyl/N-ethyl adjacent to an activating group) is 1. The molecule has 0 radical (unpaired) electrons. The number of carboxylic acids is 1. The lowest BCUT2D eigenvalue weighted by atomic mass is 10.0. The summed E-state index contributed by atoms with van der Waals surface area (Å²) in [6.45, 7) is 4.49. The van der Waals surface area contributed by atoms with E-state index in [9.17, 15) is 38.7 Å². The predicted octanol–water partition coefficient (Wildman–Crippen LogP) is -1.48. The Bertz CT molecular complexity index is 946. The van der Waals surface area contributed by atoms with E-state index in [1.54, 1.807) is 39.8 Å². The van der Waals surface area contributed by atoms with Gasteiger partial charge in [-0.3, -0.25) is 24.0 Å². The fourth-order valence-electron chi connectivity index (χ4n) is 3.26. The molecule has 3 atom stereocenters. The summed E-state index contributed by atoms with van der Waals surface area (Å²) in [7, 11) is 3.25. The molecule has 3 unspecified atom stereocenters. The Morgan fingerprint density at radius 2 is 1.43 bits per heavy atom. The number of amides is 3. The maximum atomic E-state index is 13.1. The molecular formula is C25H42N6O9. The molecule has 0 bridgehead atoms. The Morgan fingerprint density at radius 3 is 1.93 bits per heavy atom. The van der Waals surface area contributed by atoms with Crippen LogP contribution in [0, 0.1) is 5.41 Å². The van der Waals surface area contributed by atoms with Gasteiger partial charge in [-0.1, -0.05) is 0 Å². The van der Waals surface area contributed by atoms with Crippen molar-refractivity contribution in [3.63, 3.8) is 0 Å². The van der Waals surface area contributed by atoms with Crippen LogP contribution in [0.5, 0.6) is 0 Å². The maximum Gasteiger partial charge on any atom is 0.329 e. The number of hydrogen-bond acceptors (Lipinski definition) is 11. The highest BCUT2D eigenvalue weighted by Gasteiger charge is 2.31. The molecule has 0 fully saturated rings. The topological polar surface area (TPSA) is 238 Å². The molecule has 3 amide bonds. The van der Waals surface area contributed by atoms with Crippen LogP contribution in [0.3, 0.4) is 0 Å². The zero-order valence-corrected chi connectivity index (χ0v) is 23.7. The number of aliphatic carboxylic acids is 1. The number of ketones is 2. The van der Waals surface area contributed by atoms with Crippen molar-refractivity contribution in [2.75, 3.05) is 27.2 Å². The van der Waals surface area contributed by atoms with Gasteiger partial charge in [0.15, 0.2) is 5.78 Å². The minimum atomic E-state index is -1.35. The molecule has 15 nitrogen and oxygen atoms in total. The van der Waals surface area contributed by atoms with E-state index >= 15 is 0 Å². The average molecular weight is 571 g/mol. The van der Waals surface area contributed by atoms with E-state index in [2.05, 4.69) is 16.0 Å². The Kier molecular flexibility index (Phi) is 16.1. The number of carbonyl (C=O) groups excluding carboxylic acids is 6. The number of carboxylic acid groups (broad SMARTS) is 1. The van der Waals surface area contributed by atoms with E-state index in [0.29, 0.717) is 6.21 Å². The van der Waals surface area contributed by atoms with E-state index in [0.717, 1.165) is 0 Å². The average Bonchev–Trinajstić information content (AvgIpc) is 2.84. The van der Waals surface area contributed by atoms with E-state index in [-0.39, 0.29) is 57.4 Å². The van der Waals surface area contributed by atoms with Crippen LogP contribution in [-0.4, -0.2) is 108 Å². The molecule has 0 aromatic rings. The molecule has 0 saturated heterocycles. The van der Waals surface area contributed by atoms with Crippen molar-refractivity contribution in [1.82, 2.24) is 20.9 Å². The molecule has 0 spiro atoms. The standard InChI is InChI=1S/C25H42N6O9/c1-25(2,3)40-24(39)19(9-7-16(33)13-27)30-22(36)17(8-6-15(32)12-26)28-20(34)11-10-18(23(37)38)29-21(35)14-31(4)5/h13,17-19,27H,6-12,14,26H2,1-5H3,(H,28,34)(H,29,35)(H,30,36)(H,37,38). The summed E-state index contributed by atoms with van der Waals surface area (Å²) < 4.78 is 5.31. The van der Waals surface area contributed by atoms with E-state index < -0.39 is 59.2 Å². The summed E-state index contributed by atoms with van der Waals surface area (Å²) in [6, 6.07) is -3.95. The van der Waals surface area contributed by atoms with Gasteiger partial charge in [-0.25, -0.2) is 9.59 Å². The third-order valence-electron chi connectivity index (χ3n) is 5.19. The lowest BCUT2D eigenvalue weighted by Gasteiger charge is -2.26. The number of ether oxygens (including phenoxy) is 1. The molecule has 0 aromatic heterocycles. The van der Waals surface area contributed by atoms with E-state index in [1.807, 2.05) is 0 Å². The first kappa shape index (κ1) is 36.3. The van der Waals surface area contributed by atoms with Crippen molar-refractivity contribution in [3.05, 3.63) is 0 Å². The third kappa shape index (κ3) is 16.3. The van der Waals surface area contributed by atoms with Crippen LogP contribution in [0.25, 0.3) is 0 Å². The van der Waals surface area contributed by atoms with Crippen LogP contribution in [0.2, 0.25) is 0 Å². The molecule has 40 heavy (non-hydrogen) atoms. The summed E-state index contributed by atoms with van der Waals surface area (Å²) in [5.74, 6) is -5.27. The molecule has 0 saturated carbocycles. The van der Waals surface area contributed by atoms with Gasteiger partial charge in [0.2, 0.25) is 17.7 Å². The minimum Gasteiger partial charge on any atom is -0.480 e. The quantitative estimate of drug-likeness (QED) is 0.0772. The number of hydrogen-bond donors (Lipinski definition) is 6. The Morgan fingerprint density at radius 1 is 0.875 bits per heavy atom. The van der Waals surface area contributed by atoms with Crippen LogP contribution < -0.4 is 21.7 Å². The van der Waals surface area contributed by atoms with Gasteiger partial charge in [-0.2, -0.15) is 0 Å². The highest BCUT2D eigenvalue weighted by Crippen LogP contribution is 2.12. The molecule has 0 aliphatic heterocycles. The highest BCUT2D eigenvalue weighted by molar-refractivity contribution is 6.26. The minimum absolute atomic E-state index is 0.0579. The van der Waals surface area contributed by atoms with Crippen molar-refractivity contribution in [2.45, 2.75) is 83.0 Å². The molecule has 226 valence electrons. The largest absolute Gasteiger partial charge is 0.480 e. The van der Waals surface area contributed by atoms with Gasteiger partial charge in [0.1, 0.15) is 29.5 Å². The van der Waals surface area contributed by atoms with Crippen LogP contribution >= 0.6 is 0 Å². The van der Waals surface area contributed by atoms with Gasteiger partial charge >= 0.3 is 11.9 Å². The number of esters is 1. The molecular weight excluding hydrogens is 528 g/mol. The lowest BCUT2D eigenvalue weighted by molar-refractivity contribution is -0.159. The van der Waals surface area contributed by atoms with Gasteiger partial charge in [-0.05, 0) is 54.1 Å². The second kappa shape index (κ2) is 17.8. The summed E-state index contributed by atoms with van der Waals surface area (Å²) in [5, 5.41) is 23.6. The smallest absolute Gasteiger partial charge is 0.329 e. The molecule has 0 aliphatic rings. The maximum absolute atomic E-state index is 13.1. The summed E-state index contributed by atoms with van der Waals surface area (Å²) in [5.41, 5.74) is 4.43. The Hall–Kier alpha value is -3.72. The summed E-state index contributed by atoms with van der Waals surface area (Å²) >= 11 is 0. The highest BCUT2D eigenvalue weighted by atomic mass is 16.6.